The number of Topliss-reactive ketones (excluding diaryl/α,β-unsaturated/α-hetero) is 1. The van der Waals surface area contributed by atoms with E-state index in [1.54, 1.807) is 55.3 Å². The van der Waals surface area contributed by atoms with Gasteiger partial charge in [0.2, 0.25) is 0 Å². The Bertz CT molecular complexity index is 1160. The maximum atomic E-state index is 13.8. The zero-order valence-electron chi connectivity index (χ0n) is 19.3. The molecule has 0 radical (unpaired) electrons. The molecular formula is C25H27N3O5S. The summed E-state index contributed by atoms with van der Waals surface area (Å²) in [7, 11) is 1.79. The van der Waals surface area contributed by atoms with Gasteiger partial charge in [-0.3, -0.25) is 14.9 Å². The number of nitro benzene ring substituents is 1. The van der Waals surface area contributed by atoms with Crippen molar-refractivity contribution < 1.29 is 19.2 Å². The number of hydrogen-bond donors (Lipinski definition) is 1. The van der Waals surface area contributed by atoms with Crippen LogP contribution in [0.3, 0.4) is 0 Å². The van der Waals surface area contributed by atoms with Gasteiger partial charge in [0.15, 0.2) is 5.78 Å². The van der Waals surface area contributed by atoms with Crippen LogP contribution < -0.4 is 5.73 Å². The van der Waals surface area contributed by atoms with Gasteiger partial charge < -0.3 is 15.4 Å². The first kappa shape index (κ1) is 25.2. The van der Waals surface area contributed by atoms with Crippen LogP contribution in [0.4, 0.5) is 5.69 Å². The summed E-state index contributed by atoms with van der Waals surface area (Å²) in [5, 5.41) is 12.1. The van der Waals surface area contributed by atoms with E-state index in [-0.39, 0.29) is 23.7 Å². The number of allylic oxidation sites excluding steroid dienone is 2. The molecule has 8 nitrogen and oxygen atoms in total. The number of nitrogens with two attached hydrogens (primary N) is 1. The molecule has 1 aliphatic rings. The molecule has 0 fully saturated rings. The molecule has 2 aromatic rings. The van der Waals surface area contributed by atoms with E-state index in [1.807, 2.05) is 13.0 Å². The molecule has 0 saturated carbocycles. The third-order valence-corrected chi connectivity index (χ3v) is 6.76. The fourth-order valence-electron chi connectivity index (χ4n) is 3.93. The molecule has 0 aliphatic carbocycles. The lowest BCUT2D eigenvalue weighted by Gasteiger charge is -2.37. The Labute approximate surface area is 202 Å². The molecule has 0 amide bonds. The molecule has 0 saturated heterocycles. The molecule has 178 valence electrons. The van der Waals surface area contributed by atoms with Crippen molar-refractivity contribution in [2.24, 2.45) is 5.73 Å². The summed E-state index contributed by atoms with van der Waals surface area (Å²) in [5.74, 6) is -1.13. The highest BCUT2D eigenvalue weighted by Gasteiger charge is 2.41. The molecule has 2 aromatic carbocycles. The average Bonchev–Trinajstić information content (AvgIpc) is 2.84. The quantitative estimate of drug-likeness (QED) is 0.245. The minimum Gasteiger partial charge on any atom is -0.463 e. The Morgan fingerprint density at radius 1 is 1.15 bits per heavy atom. The molecule has 1 heterocycles. The number of esters is 1. The molecule has 1 aliphatic heterocycles. The summed E-state index contributed by atoms with van der Waals surface area (Å²) in [6.07, 6.45) is 0. The Morgan fingerprint density at radius 2 is 1.85 bits per heavy atom. The van der Waals surface area contributed by atoms with Crippen molar-refractivity contribution in [1.82, 2.24) is 4.90 Å². The standard InChI is InChI=1S/C25H27N3O5S/c1-4-33-25(30)22-21(18-11-8-12-19(15-18)28(31)32)20(23(29)17-9-6-5-7-10-17)16(2)27(3)24(22)34-14-13-26/h5-12,15,21H,4,13-14,26H2,1-3H3. The van der Waals surface area contributed by atoms with E-state index in [2.05, 4.69) is 0 Å². The van der Waals surface area contributed by atoms with E-state index in [0.717, 1.165) is 0 Å². The van der Waals surface area contributed by atoms with E-state index in [0.29, 0.717) is 39.7 Å². The van der Waals surface area contributed by atoms with Gasteiger partial charge in [0, 0.05) is 54.2 Å². The molecule has 1 atom stereocenters. The number of carbonyl (C=O) groups is 2. The molecule has 0 spiro atoms. The molecule has 1 unspecified atom stereocenters. The number of carbonyl (C=O) groups excluding carboxylic acids is 2. The fraction of sp³-hybridized carbons (Fsp3) is 0.280. The minimum atomic E-state index is -0.844. The molecule has 9 heteroatoms. The Balaban J connectivity index is 2.31. The Morgan fingerprint density at radius 3 is 2.47 bits per heavy atom. The fourth-order valence-corrected chi connectivity index (χ4v) is 4.92. The Hall–Kier alpha value is -3.43. The second-order valence-electron chi connectivity index (χ2n) is 7.61. The monoisotopic (exact) mass is 481 g/mol. The van der Waals surface area contributed by atoms with Gasteiger partial charge in [0.1, 0.15) is 0 Å². The highest BCUT2D eigenvalue weighted by atomic mass is 32.2. The first-order valence-electron chi connectivity index (χ1n) is 10.8. The Kier molecular flexibility index (Phi) is 8.25. The van der Waals surface area contributed by atoms with Crippen molar-refractivity contribution in [2.75, 3.05) is 26.0 Å². The molecule has 34 heavy (non-hydrogen) atoms. The number of nitro groups is 1. The smallest absolute Gasteiger partial charge is 0.337 e. The van der Waals surface area contributed by atoms with Gasteiger partial charge in [-0.05, 0) is 19.4 Å². The van der Waals surface area contributed by atoms with E-state index >= 15 is 0 Å². The number of nitrogens with zero attached hydrogens (tertiary/aromatic N) is 2. The van der Waals surface area contributed by atoms with E-state index in [9.17, 15) is 19.7 Å². The van der Waals surface area contributed by atoms with Crippen molar-refractivity contribution >= 4 is 29.2 Å². The maximum absolute atomic E-state index is 13.8. The topological polar surface area (TPSA) is 116 Å². The van der Waals surface area contributed by atoms with Crippen LogP contribution >= 0.6 is 11.8 Å². The second-order valence-corrected chi connectivity index (χ2v) is 8.70. The third kappa shape index (κ3) is 5.05. The van der Waals surface area contributed by atoms with Gasteiger partial charge in [0.05, 0.1) is 22.1 Å². The normalized spacial score (nSPS) is 16.0. The SMILES string of the molecule is CCOC(=O)C1=C(SCCN)N(C)C(C)=C(C(=O)c2ccccc2)C1c1cccc([N+](=O)[O-])c1. The first-order chi connectivity index (χ1) is 16.3. The number of non-ortho nitro benzene ring substituents is 1. The van der Waals surface area contributed by atoms with Gasteiger partial charge in [-0.15, -0.1) is 11.8 Å². The van der Waals surface area contributed by atoms with Crippen molar-refractivity contribution in [2.45, 2.75) is 19.8 Å². The lowest BCUT2D eigenvalue weighted by atomic mass is 9.78. The van der Waals surface area contributed by atoms with Crippen LogP contribution in [0.2, 0.25) is 0 Å². The maximum Gasteiger partial charge on any atom is 0.337 e. The highest BCUT2D eigenvalue weighted by molar-refractivity contribution is 8.03. The first-order valence-corrected chi connectivity index (χ1v) is 11.8. The number of benzene rings is 2. The van der Waals surface area contributed by atoms with Crippen molar-refractivity contribution in [3.8, 4) is 0 Å². The summed E-state index contributed by atoms with van der Waals surface area (Å²) < 4.78 is 5.40. The van der Waals surface area contributed by atoms with Crippen LogP contribution in [0, 0.1) is 10.1 Å². The molecule has 0 bridgehead atoms. The summed E-state index contributed by atoms with van der Waals surface area (Å²) >= 11 is 1.39. The molecule has 3 rings (SSSR count). The summed E-state index contributed by atoms with van der Waals surface area (Å²) in [6.45, 7) is 4.05. The van der Waals surface area contributed by atoms with Gasteiger partial charge in [0.25, 0.3) is 5.69 Å². The predicted octanol–water partition coefficient (Wildman–Crippen LogP) is 4.25. The summed E-state index contributed by atoms with van der Waals surface area (Å²) in [5.41, 5.74) is 7.83. The zero-order valence-corrected chi connectivity index (χ0v) is 20.1. The van der Waals surface area contributed by atoms with Crippen LogP contribution in [-0.2, 0) is 9.53 Å². The van der Waals surface area contributed by atoms with Crippen molar-refractivity contribution in [3.63, 3.8) is 0 Å². The van der Waals surface area contributed by atoms with Gasteiger partial charge in [-0.25, -0.2) is 4.79 Å². The highest BCUT2D eigenvalue weighted by Crippen LogP contribution is 2.46. The predicted molar refractivity (Wildman–Crippen MR) is 132 cm³/mol. The number of hydrogen-bond acceptors (Lipinski definition) is 8. The van der Waals surface area contributed by atoms with Gasteiger partial charge in [-0.1, -0.05) is 42.5 Å². The zero-order chi connectivity index (χ0) is 24.8. The minimum absolute atomic E-state index is 0.125. The number of ketones is 1. The molecule has 2 N–H and O–H groups in total. The van der Waals surface area contributed by atoms with Gasteiger partial charge >= 0.3 is 5.97 Å². The number of ether oxygens (including phenoxy) is 1. The second kappa shape index (κ2) is 11.1. The number of rotatable bonds is 9. The lowest BCUT2D eigenvalue weighted by molar-refractivity contribution is -0.384. The van der Waals surface area contributed by atoms with E-state index in [4.69, 9.17) is 10.5 Å². The molecular weight excluding hydrogens is 454 g/mol. The summed E-state index contributed by atoms with van der Waals surface area (Å²) in [4.78, 5) is 39.9. The van der Waals surface area contributed by atoms with Crippen LogP contribution in [-0.4, -0.2) is 47.5 Å². The lowest BCUT2D eigenvalue weighted by Crippen LogP contribution is -2.33. The summed E-state index contributed by atoms with van der Waals surface area (Å²) in [6, 6.07) is 14.8. The third-order valence-electron chi connectivity index (χ3n) is 5.55. The van der Waals surface area contributed by atoms with E-state index < -0.39 is 16.8 Å². The van der Waals surface area contributed by atoms with Crippen LogP contribution in [0.1, 0.15) is 35.7 Å². The van der Waals surface area contributed by atoms with Crippen LogP contribution in [0.5, 0.6) is 0 Å². The van der Waals surface area contributed by atoms with E-state index in [1.165, 1.54) is 23.9 Å². The average molecular weight is 482 g/mol. The largest absolute Gasteiger partial charge is 0.463 e. The van der Waals surface area contributed by atoms with Crippen molar-refractivity contribution in [3.05, 3.63) is 97.7 Å². The van der Waals surface area contributed by atoms with Crippen LogP contribution in [0.15, 0.2) is 76.5 Å². The number of thioether (sulfide) groups is 1. The molecule has 0 aromatic heterocycles. The van der Waals surface area contributed by atoms with Gasteiger partial charge in [-0.2, -0.15) is 0 Å². The van der Waals surface area contributed by atoms with Crippen molar-refractivity contribution in [1.29, 1.82) is 0 Å². The van der Waals surface area contributed by atoms with Crippen LogP contribution in [0.25, 0.3) is 0 Å².